The van der Waals surface area contributed by atoms with Crippen LogP contribution in [0.1, 0.15) is 43.7 Å². The van der Waals surface area contributed by atoms with Crippen LogP contribution in [0, 0.1) is 0 Å². The second-order valence-electron chi connectivity index (χ2n) is 4.94. The lowest BCUT2D eigenvalue weighted by atomic mass is 10.1. The molecule has 4 N–H and O–H groups in total. The molecule has 2 atom stereocenters. The largest absolute Gasteiger partial charge is 0.347 e. The van der Waals surface area contributed by atoms with Gasteiger partial charge in [-0.1, -0.05) is 19.1 Å². The van der Waals surface area contributed by atoms with Crippen LogP contribution < -0.4 is 10.5 Å². The van der Waals surface area contributed by atoms with Crippen molar-refractivity contribution in [2.24, 2.45) is 5.14 Å². The van der Waals surface area contributed by atoms with E-state index in [0.717, 1.165) is 17.8 Å². The lowest BCUT2D eigenvalue weighted by molar-refractivity contribution is 0.441. The van der Waals surface area contributed by atoms with Crippen molar-refractivity contribution >= 4 is 10.0 Å². The first kappa shape index (κ1) is 15.7. The van der Waals surface area contributed by atoms with Gasteiger partial charge in [-0.05, 0) is 31.0 Å². The molecule has 0 radical (unpaired) electrons. The Kier molecular flexibility index (Phi) is 4.76. The van der Waals surface area contributed by atoms with E-state index in [0.29, 0.717) is 0 Å². The van der Waals surface area contributed by atoms with E-state index in [-0.39, 0.29) is 17.0 Å². The predicted octanol–water partition coefficient (Wildman–Crippen LogP) is 1.86. The van der Waals surface area contributed by atoms with Crippen LogP contribution in [0.5, 0.6) is 0 Å². The van der Waals surface area contributed by atoms with Crippen LogP contribution >= 0.6 is 0 Å². The molecule has 1 heterocycles. The van der Waals surface area contributed by atoms with Crippen molar-refractivity contribution in [3.63, 3.8) is 0 Å². The van der Waals surface area contributed by atoms with Gasteiger partial charge in [-0.15, -0.1) is 0 Å². The lowest BCUT2D eigenvalue weighted by Crippen LogP contribution is -2.25. The van der Waals surface area contributed by atoms with E-state index in [1.54, 1.807) is 24.5 Å². The molecule has 0 saturated heterocycles. The van der Waals surface area contributed by atoms with Crippen molar-refractivity contribution in [1.29, 1.82) is 0 Å². The van der Waals surface area contributed by atoms with Gasteiger partial charge in [-0.25, -0.2) is 18.5 Å². The number of rotatable bonds is 6. The molecule has 6 nitrogen and oxygen atoms in total. The zero-order valence-corrected chi connectivity index (χ0v) is 12.9. The molecule has 2 unspecified atom stereocenters. The van der Waals surface area contributed by atoms with Gasteiger partial charge in [0.25, 0.3) is 0 Å². The van der Waals surface area contributed by atoms with Gasteiger partial charge in [-0.3, -0.25) is 0 Å². The Morgan fingerprint density at radius 3 is 2.76 bits per heavy atom. The summed E-state index contributed by atoms with van der Waals surface area (Å²) in [6, 6.07) is 6.72. The zero-order chi connectivity index (χ0) is 15.5. The highest BCUT2D eigenvalue weighted by atomic mass is 32.2. The lowest BCUT2D eigenvalue weighted by Gasteiger charge is -2.21. The number of primary sulfonamides is 1. The van der Waals surface area contributed by atoms with Crippen molar-refractivity contribution in [1.82, 2.24) is 15.3 Å². The van der Waals surface area contributed by atoms with Crippen LogP contribution in [0.25, 0.3) is 0 Å². The SMILES string of the molecule is CCC(NC(C)c1cccc(S(N)(=O)=O)c1)c1ncc[nH]1. The molecular weight excluding hydrogens is 288 g/mol. The van der Waals surface area contributed by atoms with E-state index in [9.17, 15) is 8.42 Å². The van der Waals surface area contributed by atoms with E-state index in [1.807, 2.05) is 13.0 Å². The minimum absolute atomic E-state index is 0.0262. The van der Waals surface area contributed by atoms with Crippen LogP contribution in [-0.2, 0) is 10.0 Å². The molecule has 114 valence electrons. The first-order valence-electron chi connectivity index (χ1n) is 6.80. The van der Waals surface area contributed by atoms with E-state index >= 15 is 0 Å². The Hall–Kier alpha value is -1.70. The van der Waals surface area contributed by atoms with E-state index in [4.69, 9.17) is 5.14 Å². The number of nitrogens with one attached hydrogen (secondary N) is 2. The van der Waals surface area contributed by atoms with Gasteiger partial charge in [0.15, 0.2) is 0 Å². The Labute approximate surface area is 124 Å². The van der Waals surface area contributed by atoms with Crippen LogP contribution in [0.3, 0.4) is 0 Å². The standard InChI is InChI=1S/C14H20N4O2S/c1-3-13(14-16-7-8-17-14)18-10(2)11-5-4-6-12(9-11)21(15,19)20/h4-10,13,18H,3H2,1-2H3,(H,16,17)(H2,15,19,20). The number of hydrogen-bond acceptors (Lipinski definition) is 4. The summed E-state index contributed by atoms with van der Waals surface area (Å²) in [5.41, 5.74) is 0.867. The monoisotopic (exact) mass is 308 g/mol. The molecule has 0 saturated carbocycles. The van der Waals surface area contributed by atoms with Crippen LogP contribution in [0.15, 0.2) is 41.6 Å². The van der Waals surface area contributed by atoms with Crippen LogP contribution in [0.2, 0.25) is 0 Å². The van der Waals surface area contributed by atoms with Gasteiger partial charge in [0.2, 0.25) is 10.0 Å². The number of benzene rings is 1. The molecule has 2 aromatic rings. The third-order valence-corrected chi connectivity index (χ3v) is 4.31. The second kappa shape index (κ2) is 6.38. The molecule has 1 aromatic heterocycles. The minimum atomic E-state index is -3.68. The van der Waals surface area contributed by atoms with Crippen LogP contribution in [0.4, 0.5) is 0 Å². The maximum absolute atomic E-state index is 11.4. The first-order valence-corrected chi connectivity index (χ1v) is 8.34. The van der Waals surface area contributed by atoms with Gasteiger partial charge in [-0.2, -0.15) is 0 Å². The highest BCUT2D eigenvalue weighted by Crippen LogP contribution is 2.21. The van der Waals surface area contributed by atoms with Gasteiger partial charge in [0.1, 0.15) is 5.82 Å². The van der Waals surface area contributed by atoms with Crippen molar-refractivity contribution in [3.05, 3.63) is 48.0 Å². The first-order chi connectivity index (χ1) is 9.91. The molecule has 0 fully saturated rings. The maximum atomic E-state index is 11.4. The fourth-order valence-corrected chi connectivity index (χ4v) is 2.79. The number of nitrogens with two attached hydrogens (primary N) is 1. The van der Waals surface area contributed by atoms with Gasteiger partial charge >= 0.3 is 0 Å². The molecule has 0 spiro atoms. The fraction of sp³-hybridized carbons (Fsp3) is 0.357. The number of nitrogens with zero attached hydrogens (tertiary/aromatic N) is 1. The third kappa shape index (κ3) is 3.90. The second-order valence-corrected chi connectivity index (χ2v) is 6.50. The summed E-state index contributed by atoms with van der Waals surface area (Å²) in [7, 11) is -3.68. The van der Waals surface area contributed by atoms with Crippen LogP contribution in [-0.4, -0.2) is 18.4 Å². The van der Waals surface area contributed by atoms with Gasteiger partial charge in [0.05, 0.1) is 10.9 Å². The highest BCUT2D eigenvalue weighted by Gasteiger charge is 2.17. The quantitative estimate of drug-likeness (QED) is 0.758. The van der Waals surface area contributed by atoms with Crippen molar-refractivity contribution in [2.45, 2.75) is 37.2 Å². The van der Waals surface area contributed by atoms with Crippen molar-refractivity contribution in [3.8, 4) is 0 Å². The van der Waals surface area contributed by atoms with Crippen molar-refractivity contribution in [2.75, 3.05) is 0 Å². The number of aromatic amines is 1. The summed E-state index contributed by atoms with van der Waals surface area (Å²) >= 11 is 0. The van der Waals surface area contributed by atoms with Gasteiger partial charge < -0.3 is 10.3 Å². The number of H-pyrrole nitrogens is 1. The Morgan fingerprint density at radius 1 is 1.43 bits per heavy atom. The molecule has 0 aliphatic heterocycles. The average Bonchev–Trinajstić information content (AvgIpc) is 2.97. The van der Waals surface area contributed by atoms with Gasteiger partial charge in [0, 0.05) is 18.4 Å². The Morgan fingerprint density at radius 2 is 2.19 bits per heavy atom. The van der Waals surface area contributed by atoms with E-state index in [2.05, 4.69) is 22.2 Å². The Balaban J connectivity index is 2.18. The summed E-state index contributed by atoms with van der Waals surface area (Å²) in [6.07, 6.45) is 4.37. The molecule has 2 rings (SSSR count). The zero-order valence-electron chi connectivity index (χ0n) is 12.1. The average molecular weight is 308 g/mol. The summed E-state index contributed by atoms with van der Waals surface area (Å²) in [5, 5.41) is 8.60. The highest BCUT2D eigenvalue weighted by molar-refractivity contribution is 7.89. The third-order valence-electron chi connectivity index (χ3n) is 3.40. The predicted molar refractivity (Wildman–Crippen MR) is 81.0 cm³/mol. The topological polar surface area (TPSA) is 101 Å². The summed E-state index contributed by atoms with van der Waals surface area (Å²) < 4.78 is 22.8. The molecule has 1 aromatic carbocycles. The maximum Gasteiger partial charge on any atom is 0.238 e. The molecule has 0 aliphatic carbocycles. The van der Waals surface area contributed by atoms with E-state index in [1.165, 1.54) is 6.07 Å². The minimum Gasteiger partial charge on any atom is -0.347 e. The number of aromatic nitrogens is 2. The smallest absolute Gasteiger partial charge is 0.238 e. The number of sulfonamides is 1. The fourth-order valence-electron chi connectivity index (χ4n) is 2.22. The Bertz CT molecular complexity index is 683. The summed E-state index contributed by atoms with van der Waals surface area (Å²) in [5.74, 6) is 0.868. The molecule has 0 amide bonds. The molecule has 21 heavy (non-hydrogen) atoms. The molecule has 0 bridgehead atoms. The molecular formula is C14H20N4O2S. The summed E-state index contributed by atoms with van der Waals surface area (Å²) in [4.78, 5) is 7.47. The van der Waals surface area contributed by atoms with Crippen molar-refractivity contribution < 1.29 is 8.42 Å². The molecule has 7 heteroatoms. The normalized spacial score (nSPS) is 14.8. The number of imidazole rings is 1. The van der Waals surface area contributed by atoms with E-state index < -0.39 is 10.0 Å². The molecule has 0 aliphatic rings. The number of hydrogen-bond donors (Lipinski definition) is 3. The summed E-state index contributed by atoms with van der Waals surface area (Å²) in [6.45, 7) is 4.04.